The zero-order chi connectivity index (χ0) is 19.6. The van der Waals surface area contributed by atoms with Gasteiger partial charge in [0.1, 0.15) is 0 Å². The normalized spacial score (nSPS) is 10.7. The van der Waals surface area contributed by atoms with Crippen LogP contribution in [0.5, 0.6) is 0 Å². The molecular formula is C26H27I. The molecule has 3 rings (SSSR count). The second-order valence-electron chi connectivity index (χ2n) is 7.29. The van der Waals surface area contributed by atoms with E-state index >= 15 is 0 Å². The van der Waals surface area contributed by atoms with E-state index in [-0.39, 0.29) is 0 Å². The fraction of sp³-hybridized carbons (Fsp3) is 0.231. The smallest absolute Gasteiger partial charge is 0.00444 e. The zero-order valence-electron chi connectivity index (χ0n) is 16.9. The number of halogens is 1. The van der Waals surface area contributed by atoms with E-state index < -0.39 is 0 Å². The van der Waals surface area contributed by atoms with Gasteiger partial charge in [0.2, 0.25) is 0 Å². The summed E-state index contributed by atoms with van der Waals surface area (Å²) in [5.41, 5.74) is 12.5. The summed E-state index contributed by atoms with van der Waals surface area (Å²) in [5, 5.41) is 0. The molecule has 0 radical (unpaired) electrons. The van der Waals surface area contributed by atoms with Crippen molar-refractivity contribution in [1.29, 1.82) is 0 Å². The van der Waals surface area contributed by atoms with Crippen molar-refractivity contribution in [2.45, 2.75) is 41.0 Å². The molecule has 3 aromatic carbocycles. The number of hydrogen-bond donors (Lipinski definition) is 0. The molecule has 1 heteroatoms. The molecule has 27 heavy (non-hydrogen) atoms. The van der Waals surface area contributed by atoms with Crippen molar-refractivity contribution in [3.05, 3.63) is 109 Å². The van der Waals surface area contributed by atoms with Crippen LogP contribution in [0.1, 0.15) is 44.5 Å². The molecule has 0 bridgehead atoms. The summed E-state index contributed by atoms with van der Waals surface area (Å²) in [4.78, 5) is 0. The van der Waals surface area contributed by atoms with Crippen LogP contribution in [0.25, 0.3) is 5.57 Å². The Bertz CT molecular complexity index is 909. The molecule has 138 valence electrons. The number of hydrogen-bond acceptors (Lipinski definition) is 0. The van der Waals surface area contributed by atoms with E-state index in [1.165, 1.54) is 53.7 Å². The van der Waals surface area contributed by atoms with Crippen molar-refractivity contribution in [2.24, 2.45) is 0 Å². The lowest BCUT2D eigenvalue weighted by molar-refractivity contribution is 1.08. The van der Waals surface area contributed by atoms with Crippen LogP contribution in [0.15, 0.2) is 64.2 Å². The molecule has 0 unspecified atom stereocenters. The fourth-order valence-electron chi connectivity index (χ4n) is 3.78. The van der Waals surface area contributed by atoms with Gasteiger partial charge in [-0.15, -0.1) is 0 Å². The Labute approximate surface area is 177 Å². The maximum absolute atomic E-state index is 2.56. The first-order valence-electron chi connectivity index (χ1n) is 9.47. The molecule has 0 aliphatic rings. The van der Waals surface area contributed by atoms with E-state index in [1.807, 2.05) is 0 Å². The SMILES string of the molecule is Cc1c(C)c(C)c(CC(I)=C(c2ccccc2)c2ccccc2)c(C)c1C. The molecule has 0 aliphatic heterocycles. The first-order chi connectivity index (χ1) is 12.9. The van der Waals surface area contributed by atoms with E-state index in [9.17, 15) is 0 Å². The van der Waals surface area contributed by atoms with Crippen LogP contribution < -0.4 is 0 Å². The second-order valence-corrected chi connectivity index (χ2v) is 8.59. The fourth-order valence-corrected chi connectivity index (χ4v) is 4.78. The molecule has 0 nitrogen and oxygen atoms in total. The van der Waals surface area contributed by atoms with Gasteiger partial charge in [0.15, 0.2) is 0 Å². The van der Waals surface area contributed by atoms with Crippen molar-refractivity contribution in [3.63, 3.8) is 0 Å². The average molecular weight is 466 g/mol. The van der Waals surface area contributed by atoms with Crippen LogP contribution in [-0.4, -0.2) is 0 Å². The third-order valence-corrected chi connectivity index (χ3v) is 6.80. The van der Waals surface area contributed by atoms with Gasteiger partial charge < -0.3 is 0 Å². The summed E-state index contributed by atoms with van der Waals surface area (Å²) in [6.07, 6.45) is 0.972. The molecule has 3 aromatic rings. The Balaban J connectivity index is 2.18. The minimum absolute atomic E-state index is 0.972. The van der Waals surface area contributed by atoms with Gasteiger partial charge in [0, 0.05) is 10.0 Å². The Morgan fingerprint density at radius 2 is 0.963 bits per heavy atom. The first-order valence-corrected chi connectivity index (χ1v) is 10.5. The highest BCUT2D eigenvalue weighted by Gasteiger charge is 2.16. The molecule has 0 heterocycles. The monoisotopic (exact) mass is 466 g/mol. The number of allylic oxidation sites excluding steroid dienone is 1. The van der Waals surface area contributed by atoms with Crippen LogP contribution in [0, 0.1) is 34.6 Å². The predicted molar refractivity (Wildman–Crippen MR) is 127 cm³/mol. The third kappa shape index (κ3) is 4.03. The third-order valence-electron chi connectivity index (χ3n) is 5.88. The van der Waals surface area contributed by atoms with Crippen LogP contribution in [0.3, 0.4) is 0 Å². The van der Waals surface area contributed by atoms with Crippen LogP contribution in [0.2, 0.25) is 0 Å². The van der Waals surface area contributed by atoms with E-state index in [0.717, 1.165) is 6.42 Å². The van der Waals surface area contributed by atoms with E-state index in [0.29, 0.717) is 0 Å². The van der Waals surface area contributed by atoms with Gasteiger partial charge in [-0.3, -0.25) is 0 Å². The van der Waals surface area contributed by atoms with Crippen molar-refractivity contribution >= 4 is 28.2 Å². The molecule has 0 N–H and O–H groups in total. The van der Waals surface area contributed by atoms with E-state index in [1.54, 1.807) is 0 Å². The minimum Gasteiger partial charge on any atom is -0.0622 e. The summed E-state index contributed by atoms with van der Waals surface area (Å²) in [5.74, 6) is 0. The molecule has 0 amide bonds. The standard InChI is InChI=1S/C26H27I/c1-17-18(2)20(4)24(21(5)19(17)3)16-25(27)26(22-12-8-6-9-13-22)23-14-10-7-11-15-23/h6-15H,16H2,1-5H3. The quantitative estimate of drug-likeness (QED) is 0.346. The summed E-state index contributed by atoms with van der Waals surface area (Å²) < 4.78 is 1.39. The Morgan fingerprint density at radius 1 is 0.593 bits per heavy atom. The molecule has 0 atom stereocenters. The van der Waals surface area contributed by atoms with Gasteiger partial charge in [0.05, 0.1) is 0 Å². The highest BCUT2D eigenvalue weighted by atomic mass is 127. The molecule has 0 fully saturated rings. The largest absolute Gasteiger partial charge is 0.0622 e. The van der Waals surface area contributed by atoms with E-state index in [2.05, 4.69) is 118 Å². The molecule has 0 saturated heterocycles. The maximum Gasteiger partial charge on any atom is 0.00444 e. The average Bonchev–Trinajstić information content (AvgIpc) is 2.70. The first kappa shape index (κ1) is 19.9. The lowest BCUT2D eigenvalue weighted by Gasteiger charge is -2.20. The van der Waals surface area contributed by atoms with E-state index in [4.69, 9.17) is 0 Å². The molecule has 0 spiro atoms. The lowest BCUT2D eigenvalue weighted by atomic mass is 9.87. The summed E-state index contributed by atoms with van der Waals surface area (Å²) in [7, 11) is 0. The summed E-state index contributed by atoms with van der Waals surface area (Å²) in [6.45, 7) is 11.3. The van der Waals surface area contributed by atoms with Crippen molar-refractivity contribution < 1.29 is 0 Å². The van der Waals surface area contributed by atoms with Gasteiger partial charge in [-0.2, -0.15) is 0 Å². The molecule has 0 aliphatic carbocycles. The molecule has 0 saturated carbocycles. The van der Waals surface area contributed by atoms with Crippen LogP contribution in [-0.2, 0) is 6.42 Å². The van der Waals surface area contributed by atoms with Crippen molar-refractivity contribution in [2.75, 3.05) is 0 Å². The van der Waals surface area contributed by atoms with Gasteiger partial charge >= 0.3 is 0 Å². The number of rotatable bonds is 4. The minimum atomic E-state index is 0.972. The molecule has 0 aromatic heterocycles. The van der Waals surface area contributed by atoms with Gasteiger partial charge in [0.25, 0.3) is 0 Å². The summed E-state index contributed by atoms with van der Waals surface area (Å²) in [6, 6.07) is 21.5. The van der Waals surface area contributed by atoms with Crippen molar-refractivity contribution in [1.82, 2.24) is 0 Å². The van der Waals surface area contributed by atoms with Crippen LogP contribution in [0.4, 0.5) is 0 Å². The van der Waals surface area contributed by atoms with Crippen molar-refractivity contribution in [3.8, 4) is 0 Å². The topological polar surface area (TPSA) is 0 Å². The van der Waals surface area contributed by atoms with Crippen LogP contribution >= 0.6 is 22.6 Å². The molecular weight excluding hydrogens is 439 g/mol. The highest BCUT2D eigenvalue weighted by Crippen LogP contribution is 2.35. The number of benzene rings is 3. The summed E-state index contributed by atoms with van der Waals surface area (Å²) >= 11 is 2.56. The Kier molecular flexibility index (Phi) is 6.21. The zero-order valence-corrected chi connectivity index (χ0v) is 19.0. The highest BCUT2D eigenvalue weighted by molar-refractivity contribution is 14.1. The maximum atomic E-state index is 2.56. The lowest BCUT2D eigenvalue weighted by Crippen LogP contribution is -2.04. The van der Waals surface area contributed by atoms with Gasteiger partial charge in [-0.25, -0.2) is 0 Å². The second kappa shape index (κ2) is 8.43. The Morgan fingerprint density at radius 3 is 1.37 bits per heavy atom. The Hall–Kier alpha value is -1.87. The predicted octanol–water partition coefficient (Wildman–Crippen LogP) is 7.67. The van der Waals surface area contributed by atoms with Gasteiger partial charge in [-0.1, -0.05) is 60.7 Å². The van der Waals surface area contributed by atoms with Gasteiger partial charge in [-0.05, 0) is 107 Å².